The standard InChI is InChI=1S/C17H25NO3/c1-4-20-14-7-5-6-13(18)15(14)16(19)21-12-8-10-17(2,3)11-9-12/h5-7,12H,4,8-11,18H2,1-3H3. The Labute approximate surface area is 126 Å². The van der Waals surface area contributed by atoms with Crippen LogP contribution in [0.25, 0.3) is 0 Å². The summed E-state index contributed by atoms with van der Waals surface area (Å²) in [6, 6.07) is 5.23. The highest BCUT2D eigenvalue weighted by Gasteiger charge is 2.30. The lowest BCUT2D eigenvalue weighted by molar-refractivity contribution is 0.00930. The van der Waals surface area contributed by atoms with E-state index in [0.717, 1.165) is 25.7 Å². The van der Waals surface area contributed by atoms with Crippen LogP contribution in [-0.2, 0) is 4.74 Å². The van der Waals surface area contributed by atoms with Crippen molar-refractivity contribution in [2.24, 2.45) is 5.41 Å². The maximum atomic E-state index is 12.4. The summed E-state index contributed by atoms with van der Waals surface area (Å²) in [4.78, 5) is 12.4. The van der Waals surface area contributed by atoms with E-state index in [2.05, 4.69) is 13.8 Å². The van der Waals surface area contributed by atoms with Crippen molar-refractivity contribution in [3.05, 3.63) is 23.8 Å². The average molecular weight is 291 g/mol. The van der Waals surface area contributed by atoms with E-state index in [9.17, 15) is 4.79 Å². The van der Waals surface area contributed by atoms with Crippen molar-refractivity contribution in [1.29, 1.82) is 0 Å². The van der Waals surface area contributed by atoms with Crippen molar-refractivity contribution in [2.75, 3.05) is 12.3 Å². The van der Waals surface area contributed by atoms with Crippen LogP contribution in [0, 0.1) is 5.41 Å². The predicted molar refractivity (Wildman–Crippen MR) is 83.5 cm³/mol. The third-order valence-electron chi connectivity index (χ3n) is 4.12. The minimum absolute atomic E-state index is 0.0143. The Kier molecular flexibility index (Phi) is 4.76. The van der Waals surface area contributed by atoms with Crippen molar-refractivity contribution < 1.29 is 14.3 Å². The zero-order valence-electron chi connectivity index (χ0n) is 13.1. The molecule has 0 amide bonds. The van der Waals surface area contributed by atoms with Gasteiger partial charge in [-0.1, -0.05) is 19.9 Å². The molecular formula is C17H25NO3. The lowest BCUT2D eigenvalue weighted by atomic mass is 9.76. The van der Waals surface area contributed by atoms with Crippen LogP contribution < -0.4 is 10.5 Å². The largest absolute Gasteiger partial charge is 0.493 e. The molecule has 0 unspecified atom stereocenters. The first-order valence-corrected chi connectivity index (χ1v) is 7.65. The lowest BCUT2D eigenvalue weighted by Gasteiger charge is -2.33. The Morgan fingerprint density at radius 2 is 2.00 bits per heavy atom. The molecule has 2 rings (SSSR count). The molecule has 116 valence electrons. The number of ether oxygens (including phenoxy) is 2. The molecule has 0 aliphatic heterocycles. The first-order valence-electron chi connectivity index (χ1n) is 7.65. The minimum Gasteiger partial charge on any atom is -0.493 e. The van der Waals surface area contributed by atoms with Gasteiger partial charge in [0.05, 0.1) is 6.61 Å². The van der Waals surface area contributed by atoms with Crippen molar-refractivity contribution >= 4 is 11.7 Å². The third-order valence-corrected chi connectivity index (χ3v) is 4.12. The van der Waals surface area contributed by atoms with Gasteiger partial charge in [-0.05, 0) is 50.2 Å². The number of benzene rings is 1. The lowest BCUT2D eigenvalue weighted by Crippen LogP contribution is -2.28. The molecule has 0 aromatic heterocycles. The van der Waals surface area contributed by atoms with E-state index in [1.165, 1.54) is 0 Å². The van der Waals surface area contributed by atoms with Crippen LogP contribution in [0.3, 0.4) is 0 Å². The minimum atomic E-state index is -0.374. The average Bonchev–Trinajstić information content (AvgIpc) is 2.41. The molecule has 1 aromatic rings. The van der Waals surface area contributed by atoms with Crippen LogP contribution in [-0.4, -0.2) is 18.7 Å². The van der Waals surface area contributed by atoms with Crippen LogP contribution in [0.1, 0.15) is 56.8 Å². The molecule has 0 bridgehead atoms. The Morgan fingerprint density at radius 3 is 2.62 bits per heavy atom. The maximum Gasteiger partial charge on any atom is 0.344 e. The molecule has 1 fully saturated rings. The monoisotopic (exact) mass is 291 g/mol. The predicted octanol–water partition coefficient (Wildman–Crippen LogP) is 3.79. The van der Waals surface area contributed by atoms with E-state index in [1.807, 2.05) is 6.92 Å². The number of nitrogen functional groups attached to an aromatic ring is 1. The molecule has 1 aromatic carbocycles. The number of hydrogen-bond acceptors (Lipinski definition) is 4. The zero-order valence-corrected chi connectivity index (χ0v) is 13.1. The van der Waals surface area contributed by atoms with Crippen LogP contribution >= 0.6 is 0 Å². The van der Waals surface area contributed by atoms with Crippen molar-refractivity contribution in [1.82, 2.24) is 0 Å². The first-order chi connectivity index (χ1) is 9.93. The second-order valence-electron chi connectivity index (χ2n) is 6.42. The second-order valence-corrected chi connectivity index (χ2v) is 6.42. The third kappa shape index (κ3) is 3.90. The molecule has 0 heterocycles. The summed E-state index contributed by atoms with van der Waals surface area (Å²) in [6.07, 6.45) is 3.96. The van der Waals surface area contributed by atoms with Gasteiger partial charge in [0.1, 0.15) is 17.4 Å². The van der Waals surface area contributed by atoms with Crippen LogP contribution in [0.4, 0.5) is 5.69 Å². The first kappa shape index (κ1) is 15.7. The fraction of sp³-hybridized carbons (Fsp3) is 0.588. The van der Waals surface area contributed by atoms with Gasteiger partial charge in [0.15, 0.2) is 0 Å². The smallest absolute Gasteiger partial charge is 0.344 e. The molecule has 1 saturated carbocycles. The zero-order chi connectivity index (χ0) is 15.5. The highest BCUT2D eigenvalue weighted by atomic mass is 16.5. The molecule has 0 atom stereocenters. The number of rotatable bonds is 4. The van der Waals surface area contributed by atoms with Gasteiger partial charge in [0.2, 0.25) is 0 Å². The molecule has 0 spiro atoms. The van der Waals surface area contributed by atoms with Gasteiger partial charge in [-0.3, -0.25) is 0 Å². The van der Waals surface area contributed by atoms with Crippen LogP contribution in [0.5, 0.6) is 5.75 Å². The molecule has 4 heteroatoms. The molecule has 0 saturated heterocycles. The Bertz CT molecular complexity index is 501. The molecule has 4 nitrogen and oxygen atoms in total. The van der Waals surface area contributed by atoms with E-state index in [1.54, 1.807) is 18.2 Å². The molecule has 0 radical (unpaired) electrons. The molecule has 2 N–H and O–H groups in total. The Balaban J connectivity index is 2.07. The summed E-state index contributed by atoms with van der Waals surface area (Å²) in [7, 11) is 0. The summed E-state index contributed by atoms with van der Waals surface area (Å²) in [6.45, 7) is 6.88. The number of carbonyl (C=O) groups excluding carboxylic acids is 1. The Morgan fingerprint density at radius 1 is 1.33 bits per heavy atom. The number of esters is 1. The molecule has 21 heavy (non-hydrogen) atoms. The van der Waals surface area contributed by atoms with Gasteiger partial charge < -0.3 is 15.2 Å². The van der Waals surface area contributed by atoms with Gasteiger partial charge in [0, 0.05) is 5.69 Å². The highest BCUT2D eigenvalue weighted by Crippen LogP contribution is 2.37. The fourth-order valence-electron chi connectivity index (χ4n) is 2.74. The summed E-state index contributed by atoms with van der Waals surface area (Å²) >= 11 is 0. The van der Waals surface area contributed by atoms with E-state index >= 15 is 0 Å². The number of nitrogens with two attached hydrogens (primary N) is 1. The van der Waals surface area contributed by atoms with Crippen LogP contribution in [0.2, 0.25) is 0 Å². The molecular weight excluding hydrogens is 266 g/mol. The summed E-state index contributed by atoms with van der Waals surface area (Å²) < 4.78 is 11.1. The molecule has 1 aliphatic carbocycles. The van der Waals surface area contributed by atoms with E-state index in [-0.39, 0.29) is 12.1 Å². The van der Waals surface area contributed by atoms with Gasteiger partial charge in [-0.2, -0.15) is 0 Å². The number of anilines is 1. The van der Waals surface area contributed by atoms with Crippen molar-refractivity contribution in [3.63, 3.8) is 0 Å². The van der Waals surface area contributed by atoms with Gasteiger partial charge >= 0.3 is 5.97 Å². The summed E-state index contributed by atoms with van der Waals surface area (Å²) in [5.41, 5.74) is 7.03. The van der Waals surface area contributed by atoms with Gasteiger partial charge in [-0.15, -0.1) is 0 Å². The number of hydrogen-bond donors (Lipinski definition) is 1. The fourth-order valence-corrected chi connectivity index (χ4v) is 2.74. The highest BCUT2D eigenvalue weighted by molar-refractivity contribution is 5.98. The quantitative estimate of drug-likeness (QED) is 0.677. The molecule has 1 aliphatic rings. The van der Waals surface area contributed by atoms with Crippen molar-refractivity contribution in [3.8, 4) is 5.75 Å². The maximum absolute atomic E-state index is 12.4. The van der Waals surface area contributed by atoms with E-state index in [0.29, 0.717) is 29.0 Å². The van der Waals surface area contributed by atoms with Crippen LogP contribution in [0.15, 0.2) is 18.2 Å². The van der Waals surface area contributed by atoms with Crippen molar-refractivity contribution in [2.45, 2.75) is 52.6 Å². The summed E-state index contributed by atoms with van der Waals surface area (Å²) in [5.74, 6) is 0.125. The van der Waals surface area contributed by atoms with E-state index < -0.39 is 0 Å². The Hall–Kier alpha value is -1.71. The normalized spacial score (nSPS) is 18.2. The SMILES string of the molecule is CCOc1cccc(N)c1C(=O)OC1CCC(C)(C)CC1. The second kappa shape index (κ2) is 6.37. The van der Waals surface area contributed by atoms with Gasteiger partial charge in [0.25, 0.3) is 0 Å². The summed E-state index contributed by atoms with van der Waals surface area (Å²) in [5, 5.41) is 0. The van der Waals surface area contributed by atoms with E-state index in [4.69, 9.17) is 15.2 Å². The topological polar surface area (TPSA) is 61.5 Å². The van der Waals surface area contributed by atoms with Gasteiger partial charge in [-0.25, -0.2) is 4.79 Å². The number of carbonyl (C=O) groups is 1.